The van der Waals surface area contributed by atoms with Crippen molar-refractivity contribution in [3.05, 3.63) is 0 Å². The quantitative estimate of drug-likeness (QED) is 0.0413. The van der Waals surface area contributed by atoms with Gasteiger partial charge < -0.3 is 25.2 Å². The molecule has 0 spiro atoms. The first-order chi connectivity index (χ1) is 21.5. The van der Waals surface area contributed by atoms with E-state index in [1.54, 1.807) is 0 Å². The Morgan fingerprint density at radius 2 is 0.545 bits per heavy atom. The normalized spacial score (nSPS) is 13.4. The second-order valence-corrected chi connectivity index (χ2v) is 13.6. The van der Waals surface area contributed by atoms with Crippen LogP contribution < -0.4 is 0 Å². The molecule has 0 amide bonds. The van der Waals surface area contributed by atoms with Crippen LogP contribution >= 0.6 is 0 Å². The average molecular weight is 631 g/mol. The average Bonchev–Trinajstić information content (AvgIpc) is 3.01. The molecule has 0 rings (SSSR count). The van der Waals surface area contributed by atoms with Crippen molar-refractivity contribution in [1.82, 2.24) is 0 Å². The molecule has 0 saturated heterocycles. The molecule has 3 atom stereocenters. The van der Waals surface area contributed by atoms with Crippen molar-refractivity contribution in [1.29, 1.82) is 0 Å². The first-order valence-corrected chi connectivity index (χ1v) is 19.8. The summed E-state index contributed by atoms with van der Waals surface area (Å²) >= 11 is 0. The van der Waals surface area contributed by atoms with Gasteiger partial charge >= 0.3 is 0 Å². The van der Waals surface area contributed by atoms with Crippen LogP contribution in [0.25, 0.3) is 0 Å². The summed E-state index contributed by atoms with van der Waals surface area (Å²) in [4.78, 5) is 0. The number of ether oxygens (including phenoxy) is 1. The minimum Gasteiger partial charge on any atom is -0.394 e. The van der Waals surface area contributed by atoms with Gasteiger partial charge in [-0.3, -0.25) is 0 Å². The smallest absolute Gasteiger partial charge is 0.157 e. The molecule has 268 valence electrons. The van der Waals surface area contributed by atoms with E-state index >= 15 is 0 Å². The predicted molar refractivity (Wildman–Crippen MR) is 191 cm³/mol. The lowest BCUT2D eigenvalue weighted by atomic mass is 10.0. The molecule has 0 aromatic carbocycles. The van der Waals surface area contributed by atoms with Crippen LogP contribution in [0.3, 0.4) is 0 Å². The second-order valence-electron chi connectivity index (χ2n) is 13.6. The van der Waals surface area contributed by atoms with Gasteiger partial charge in [0.25, 0.3) is 0 Å². The van der Waals surface area contributed by atoms with Gasteiger partial charge in [0.05, 0.1) is 12.7 Å². The van der Waals surface area contributed by atoms with E-state index in [4.69, 9.17) is 14.9 Å². The van der Waals surface area contributed by atoms with Gasteiger partial charge in [-0.15, -0.1) is 0 Å². The largest absolute Gasteiger partial charge is 0.394 e. The van der Waals surface area contributed by atoms with Crippen LogP contribution in [0.2, 0.25) is 0 Å². The van der Waals surface area contributed by atoms with Crippen LogP contribution in [0.1, 0.15) is 226 Å². The molecular formula is C39H82O5. The molecule has 0 bridgehead atoms. The zero-order valence-corrected chi connectivity index (χ0v) is 30.3. The maximum Gasteiger partial charge on any atom is 0.157 e. The summed E-state index contributed by atoms with van der Waals surface area (Å²) in [5.74, 6) is 0. The Bertz CT molecular complexity index is 449. The third-order valence-electron chi connectivity index (χ3n) is 8.69. The van der Waals surface area contributed by atoms with Gasteiger partial charge in [0.2, 0.25) is 0 Å². The molecule has 0 saturated carbocycles. The van der Waals surface area contributed by atoms with E-state index in [1.807, 2.05) is 0 Å². The number of unbranched alkanes of at least 4 members (excludes halogenated alkanes) is 28. The van der Waals surface area contributed by atoms with Gasteiger partial charge in [-0.25, -0.2) is 0 Å². The van der Waals surface area contributed by atoms with E-state index in [-0.39, 0.29) is 6.61 Å². The summed E-state index contributed by atoms with van der Waals surface area (Å²) in [6.45, 7) is 5.96. The molecule has 0 radical (unpaired) electrons. The van der Waals surface area contributed by atoms with E-state index in [2.05, 4.69) is 13.8 Å². The highest BCUT2D eigenvalue weighted by Gasteiger charge is 2.11. The summed E-state index contributed by atoms with van der Waals surface area (Å²) in [6.07, 6.45) is 39.5. The number of rotatable bonds is 35. The van der Waals surface area contributed by atoms with E-state index in [0.29, 0.717) is 12.8 Å². The molecule has 4 N–H and O–H groups in total. The van der Waals surface area contributed by atoms with Crippen LogP contribution in [0, 0.1) is 0 Å². The molecule has 0 heterocycles. The van der Waals surface area contributed by atoms with E-state index in [0.717, 1.165) is 25.7 Å². The Kier molecular flexibility index (Phi) is 42.6. The third kappa shape index (κ3) is 43.9. The van der Waals surface area contributed by atoms with Crippen molar-refractivity contribution in [3.63, 3.8) is 0 Å². The van der Waals surface area contributed by atoms with Crippen molar-refractivity contribution in [3.8, 4) is 0 Å². The summed E-state index contributed by atoms with van der Waals surface area (Å²) in [6, 6.07) is 0. The molecule has 0 aromatic rings. The Balaban J connectivity index is 0. The zero-order valence-electron chi connectivity index (χ0n) is 30.3. The van der Waals surface area contributed by atoms with Gasteiger partial charge in [0.15, 0.2) is 12.6 Å². The molecule has 44 heavy (non-hydrogen) atoms. The fourth-order valence-corrected chi connectivity index (χ4v) is 5.70. The first-order valence-electron chi connectivity index (χ1n) is 19.8. The van der Waals surface area contributed by atoms with Gasteiger partial charge in [-0.1, -0.05) is 194 Å². The van der Waals surface area contributed by atoms with Gasteiger partial charge in [-0.2, -0.15) is 0 Å². The lowest BCUT2D eigenvalue weighted by molar-refractivity contribution is -0.212. The molecule has 0 aromatic heterocycles. The number of hydrogen-bond acceptors (Lipinski definition) is 5. The molecule has 5 nitrogen and oxygen atoms in total. The van der Waals surface area contributed by atoms with Crippen molar-refractivity contribution in [2.24, 2.45) is 0 Å². The molecular weight excluding hydrogens is 548 g/mol. The molecule has 5 heteroatoms. The summed E-state index contributed by atoms with van der Waals surface area (Å²) in [5.41, 5.74) is 0. The van der Waals surface area contributed by atoms with E-state index < -0.39 is 18.7 Å². The van der Waals surface area contributed by atoms with Crippen LogP contribution in [0.4, 0.5) is 0 Å². The topological polar surface area (TPSA) is 90.2 Å². The van der Waals surface area contributed by atoms with Gasteiger partial charge in [0.1, 0.15) is 0 Å². The monoisotopic (exact) mass is 631 g/mol. The Morgan fingerprint density at radius 3 is 0.727 bits per heavy atom. The van der Waals surface area contributed by atoms with E-state index in [1.165, 1.54) is 174 Å². The van der Waals surface area contributed by atoms with Crippen molar-refractivity contribution >= 4 is 0 Å². The second kappa shape index (κ2) is 40.8. The standard InChI is InChI=1S/C36H74O3.C3H8O2/c1-3-5-7-9-11-13-15-17-19-21-23-25-27-29-31-33-35(37)39-36(38)34-32-30-28-26-24-22-20-18-16-14-12-10-8-6-4-2;1-3(5)2-4/h35-38H,3-34H2,1-2H3;3-5H,2H2,1H3. The van der Waals surface area contributed by atoms with Crippen LogP contribution in [-0.2, 0) is 4.74 Å². The highest BCUT2D eigenvalue weighted by Crippen LogP contribution is 2.17. The van der Waals surface area contributed by atoms with Crippen LogP contribution in [0.15, 0.2) is 0 Å². The van der Waals surface area contributed by atoms with Crippen molar-refractivity contribution < 1.29 is 25.2 Å². The Labute approximate surface area is 276 Å². The SMILES string of the molecule is CC(O)CO.CCCCCCCCCCCCCCCCCC(O)OC(O)CCCCCCCCCCCCCCCCC. The summed E-state index contributed by atoms with van der Waals surface area (Å²) in [5, 5.41) is 36.1. The predicted octanol–water partition coefficient (Wildman–Crippen LogP) is 11.5. The fraction of sp³-hybridized carbons (Fsp3) is 1.00. The molecule has 0 aliphatic rings. The van der Waals surface area contributed by atoms with Crippen LogP contribution in [-0.4, -0.2) is 45.7 Å². The maximum absolute atomic E-state index is 10.1. The molecule has 3 unspecified atom stereocenters. The Morgan fingerprint density at radius 1 is 0.364 bits per heavy atom. The number of aliphatic hydroxyl groups excluding tert-OH is 4. The lowest BCUT2D eigenvalue weighted by Gasteiger charge is -2.17. The maximum atomic E-state index is 10.1. The number of aliphatic hydroxyl groups is 4. The van der Waals surface area contributed by atoms with Gasteiger partial charge in [0, 0.05) is 0 Å². The minimum atomic E-state index is -0.807. The highest BCUT2D eigenvalue weighted by molar-refractivity contribution is 4.54. The first kappa shape index (κ1) is 45.9. The van der Waals surface area contributed by atoms with E-state index in [9.17, 15) is 10.2 Å². The van der Waals surface area contributed by atoms with Crippen molar-refractivity contribution in [2.45, 2.75) is 245 Å². The summed E-state index contributed by atoms with van der Waals surface area (Å²) in [7, 11) is 0. The minimum absolute atomic E-state index is 0.139. The van der Waals surface area contributed by atoms with Gasteiger partial charge in [-0.05, 0) is 32.6 Å². The Hall–Kier alpha value is -0.200. The highest BCUT2D eigenvalue weighted by atomic mass is 16.7. The molecule has 0 fully saturated rings. The third-order valence-corrected chi connectivity index (χ3v) is 8.69. The number of hydrogen-bond donors (Lipinski definition) is 4. The molecule has 0 aliphatic carbocycles. The summed E-state index contributed by atoms with van der Waals surface area (Å²) < 4.78 is 5.40. The zero-order chi connectivity index (χ0) is 32.8. The van der Waals surface area contributed by atoms with Crippen molar-refractivity contribution in [2.75, 3.05) is 6.61 Å². The van der Waals surface area contributed by atoms with Crippen LogP contribution in [0.5, 0.6) is 0 Å². The lowest BCUT2D eigenvalue weighted by Crippen LogP contribution is -2.21. The fourth-order valence-electron chi connectivity index (χ4n) is 5.70. The molecule has 0 aliphatic heterocycles.